The van der Waals surface area contributed by atoms with Crippen LogP contribution < -0.4 is 0 Å². The minimum absolute atomic E-state index is 0.715. The number of benzene rings is 2. The van der Waals surface area contributed by atoms with Crippen LogP contribution in [0.2, 0.25) is 5.02 Å². The van der Waals surface area contributed by atoms with Gasteiger partial charge in [0, 0.05) is 33.7 Å². The SMILES string of the molecule is Cc1c(/C=N\n2cnnc2)c2ccccc2n1Cc1ccccc1Cl. The zero-order valence-corrected chi connectivity index (χ0v) is 14.4. The molecule has 0 saturated heterocycles. The maximum Gasteiger partial charge on any atom is 0.141 e. The molecule has 0 N–H and O–H groups in total. The molecule has 124 valence electrons. The smallest absolute Gasteiger partial charge is 0.141 e. The Balaban J connectivity index is 1.82. The van der Waals surface area contributed by atoms with Crippen LogP contribution in [0.5, 0.6) is 0 Å². The predicted molar refractivity (Wildman–Crippen MR) is 100 cm³/mol. The number of hydrogen-bond acceptors (Lipinski definition) is 3. The highest BCUT2D eigenvalue weighted by molar-refractivity contribution is 6.31. The lowest BCUT2D eigenvalue weighted by atomic mass is 10.1. The maximum absolute atomic E-state index is 6.36. The highest BCUT2D eigenvalue weighted by Gasteiger charge is 2.13. The number of halogens is 1. The van der Waals surface area contributed by atoms with Gasteiger partial charge in [-0.3, -0.25) is 0 Å². The average molecular weight is 350 g/mol. The Kier molecular flexibility index (Phi) is 4.07. The molecule has 25 heavy (non-hydrogen) atoms. The van der Waals surface area contributed by atoms with Crippen LogP contribution in [0, 0.1) is 6.92 Å². The lowest BCUT2D eigenvalue weighted by Crippen LogP contribution is -2.03. The third kappa shape index (κ3) is 2.94. The molecule has 0 aliphatic heterocycles. The summed E-state index contributed by atoms with van der Waals surface area (Å²) in [6, 6.07) is 16.3. The van der Waals surface area contributed by atoms with E-state index in [0.717, 1.165) is 32.7 Å². The number of nitrogens with zero attached hydrogens (tertiary/aromatic N) is 5. The van der Waals surface area contributed by atoms with Crippen molar-refractivity contribution in [3.8, 4) is 0 Å². The van der Waals surface area contributed by atoms with E-state index in [0.29, 0.717) is 6.54 Å². The van der Waals surface area contributed by atoms with Gasteiger partial charge in [0.05, 0.1) is 6.21 Å². The van der Waals surface area contributed by atoms with Crippen LogP contribution in [0.25, 0.3) is 10.9 Å². The molecule has 0 radical (unpaired) electrons. The number of rotatable bonds is 4. The molecule has 0 saturated carbocycles. The van der Waals surface area contributed by atoms with Crippen molar-refractivity contribution in [2.24, 2.45) is 5.10 Å². The fourth-order valence-electron chi connectivity index (χ4n) is 3.00. The molecule has 0 atom stereocenters. The van der Waals surface area contributed by atoms with Gasteiger partial charge in [-0.1, -0.05) is 48.0 Å². The van der Waals surface area contributed by atoms with Crippen molar-refractivity contribution in [2.45, 2.75) is 13.5 Å². The Morgan fingerprint density at radius 2 is 1.76 bits per heavy atom. The first-order valence-corrected chi connectivity index (χ1v) is 8.32. The second-order valence-corrected chi connectivity index (χ2v) is 6.19. The number of fused-ring (bicyclic) bond motifs is 1. The summed E-state index contributed by atoms with van der Waals surface area (Å²) in [5.41, 5.74) is 4.47. The van der Waals surface area contributed by atoms with Crippen molar-refractivity contribution in [3.63, 3.8) is 0 Å². The molecule has 0 aliphatic carbocycles. The quantitative estimate of drug-likeness (QED) is 0.520. The molecule has 2 aromatic heterocycles. The van der Waals surface area contributed by atoms with Crippen LogP contribution in [0.3, 0.4) is 0 Å². The minimum Gasteiger partial charge on any atom is -0.340 e. The van der Waals surface area contributed by atoms with Crippen LogP contribution in [0.15, 0.2) is 66.3 Å². The Morgan fingerprint density at radius 3 is 2.56 bits per heavy atom. The highest BCUT2D eigenvalue weighted by atomic mass is 35.5. The number of hydrogen-bond donors (Lipinski definition) is 0. The molecule has 2 heterocycles. The van der Waals surface area contributed by atoms with E-state index in [2.05, 4.69) is 45.0 Å². The van der Waals surface area contributed by atoms with Gasteiger partial charge in [-0.15, -0.1) is 10.2 Å². The molecule has 6 heteroatoms. The van der Waals surface area contributed by atoms with Crippen LogP contribution in [0.4, 0.5) is 0 Å². The lowest BCUT2D eigenvalue weighted by Gasteiger charge is -2.10. The molecule has 0 aliphatic rings. The standard InChI is InChI=1S/C19H16ClN5/c1-14-17(10-23-24-12-21-22-13-24)16-7-3-5-9-19(16)25(14)11-15-6-2-4-8-18(15)20/h2-10,12-13H,11H2,1H3/b23-10-. The summed E-state index contributed by atoms with van der Waals surface area (Å²) >= 11 is 6.36. The van der Waals surface area contributed by atoms with Crippen molar-refractivity contribution in [1.29, 1.82) is 0 Å². The summed E-state index contributed by atoms with van der Waals surface area (Å²) in [5, 5.41) is 13.9. The van der Waals surface area contributed by atoms with Crippen LogP contribution in [0.1, 0.15) is 16.8 Å². The first-order chi connectivity index (χ1) is 12.2. The zero-order chi connectivity index (χ0) is 17.2. The molecule has 5 nitrogen and oxygen atoms in total. The van der Waals surface area contributed by atoms with Crippen molar-refractivity contribution in [3.05, 3.63) is 83.0 Å². The van der Waals surface area contributed by atoms with Gasteiger partial charge in [-0.05, 0) is 24.6 Å². The molecule has 4 rings (SSSR count). The van der Waals surface area contributed by atoms with Crippen molar-refractivity contribution in [2.75, 3.05) is 0 Å². The van der Waals surface area contributed by atoms with E-state index in [1.165, 1.54) is 0 Å². The summed E-state index contributed by atoms with van der Waals surface area (Å²) < 4.78 is 3.85. The molecule has 4 aromatic rings. The third-order valence-corrected chi connectivity index (χ3v) is 4.66. The van der Waals surface area contributed by atoms with Crippen LogP contribution in [-0.4, -0.2) is 25.7 Å². The van der Waals surface area contributed by atoms with E-state index in [1.54, 1.807) is 17.3 Å². The van der Waals surface area contributed by atoms with Crippen molar-refractivity contribution in [1.82, 2.24) is 19.4 Å². The van der Waals surface area contributed by atoms with Gasteiger partial charge < -0.3 is 4.57 Å². The average Bonchev–Trinajstić information content (AvgIpc) is 3.23. The molecular formula is C19H16ClN5. The molecule has 0 bridgehead atoms. The fraction of sp³-hybridized carbons (Fsp3) is 0.105. The Morgan fingerprint density at radius 1 is 1.04 bits per heavy atom. The van der Waals surface area contributed by atoms with E-state index in [4.69, 9.17) is 11.6 Å². The maximum atomic E-state index is 6.36. The van der Waals surface area contributed by atoms with Gasteiger partial charge in [0.15, 0.2) is 0 Å². The summed E-state index contributed by atoms with van der Waals surface area (Å²) in [6.45, 7) is 2.82. The summed E-state index contributed by atoms with van der Waals surface area (Å²) in [4.78, 5) is 0. The van der Waals surface area contributed by atoms with Crippen molar-refractivity contribution >= 4 is 28.7 Å². The second kappa shape index (κ2) is 6.53. The van der Waals surface area contributed by atoms with Gasteiger partial charge in [0.2, 0.25) is 0 Å². The number of aromatic nitrogens is 4. The van der Waals surface area contributed by atoms with Gasteiger partial charge in [0.25, 0.3) is 0 Å². The molecular weight excluding hydrogens is 334 g/mol. The Hall–Kier alpha value is -2.92. The van der Waals surface area contributed by atoms with E-state index in [1.807, 2.05) is 36.5 Å². The summed E-state index contributed by atoms with van der Waals surface area (Å²) in [5.74, 6) is 0. The summed E-state index contributed by atoms with van der Waals surface area (Å²) in [7, 11) is 0. The number of para-hydroxylation sites is 1. The van der Waals surface area contributed by atoms with E-state index in [-0.39, 0.29) is 0 Å². The summed E-state index contributed by atoms with van der Waals surface area (Å²) in [6.07, 6.45) is 4.98. The molecule has 0 unspecified atom stereocenters. The largest absolute Gasteiger partial charge is 0.340 e. The Bertz CT molecular complexity index is 1050. The normalized spacial score (nSPS) is 11.6. The molecule has 2 aromatic carbocycles. The van der Waals surface area contributed by atoms with E-state index < -0.39 is 0 Å². The minimum atomic E-state index is 0.715. The van der Waals surface area contributed by atoms with E-state index >= 15 is 0 Å². The van der Waals surface area contributed by atoms with Crippen molar-refractivity contribution < 1.29 is 0 Å². The lowest BCUT2D eigenvalue weighted by molar-refractivity contribution is 0.804. The molecule has 0 spiro atoms. The first kappa shape index (κ1) is 15.6. The monoisotopic (exact) mass is 349 g/mol. The second-order valence-electron chi connectivity index (χ2n) is 5.78. The highest BCUT2D eigenvalue weighted by Crippen LogP contribution is 2.27. The van der Waals surface area contributed by atoms with Gasteiger partial charge in [0.1, 0.15) is 12.7 Å². The van der Waals surface area contributed by atoms with E-state index in [9.17, 15) is 0 Å². The topological polar surface area (TPSA) is 48.0 Å². The van der Waals surface area contributed by atoms with Gasteiger partial charge in [-0.25, -0.2) is 4.68 Å². The van der Waals surface area contributed by atoms with Crippen LogP contribution >= 0.6 is 11.6 Å². The molecule has 0 amide bonds. The third-order valence-electron chi connectivity index (χ3n) is 4.29. The molecule has 0 fully saturated rings. The zero-order valence-electron chi connectivity index (χ0n) is 13.7. The van der Waals surface area contributed by atoms with Crippen LogP contribution in [-0.2, 0) is 6.54 Å². The fourth-order valence-corrected chi connectivity index (χ4v) is 3.20. The van der Waals surface area contributed by atoms with Gasteiger partial charge >= 0.3 is 0 Å². The Labute approximate surface area is 150 Å². The first-order valence-electron chi connectivity index (χ1n) is 7.94. The predicted octanol–water partition coefficient (Wildman–Crippen LogP) is 4.13. The van der Waals surface area contributed by atoms with Gasteiger partial charge in [-0.2, -0.15) is 5.10 Å².